The average molecular weight is 326 g/mol. The molecule has 0 spiro atoms. The molecule has 1 unspecified atom stereocenters. The smallest absolute Gasteiger partial charge is 0.205 e. The Bertz CT molecular complexity index is 821. The van der Waals surface area contributed by atoms with Crippen molar-refractivity contribution >= 4 is 5.78 Å². The van der Waals surface area contributed by atoms with E-state index in [9.17, 15) is 10.1 Å². The zero-order chi connectivity index (χ0) is 17.6. The lowest BCUT2D eigenvalue weighted by Gasteiger charge is -2.37. The van der Waals surface area contributed by atoms with Crippen molar-refractivity contribution in [2.45, 2.75) is 53.0 Å². The number of Topliss-reactive ketones (excluding diaryl/α,β-unsaturated/α-hetero) is 1. The fourth-order valence-corrected chi connectivity index (χ4v) is 3.68. The lowest BCUT2D eigenvalue weighted by molar-refractivity contribution is -0.119. The molecule has 0 fully saturated rings. The van der Waals surface area contributed by atoms with Crippen LogP contribution in [0.4, 0.5) is 0 Å². The molecule has 6 nitrogen and oxygen atoms in total. The van der Waals surface area contributed by atoms with Gasteiger partial charge in [0.2, 0.25) is 5.88 Å². The number of allylic oxidation sites excluding steroid dienone is 3. The summed E-state index contributed by atoms with van der Waals surface area (Å²) in [5, 5.41) is 14.0. The number of rotatable bonds is 2. The molecule has 0 saturated heterocycles. The van der Waals surface area contributed by atoms with Gasteiger partial charge < -0.3 is 10.5 Å². The summed E-state index contributed by atoms with van der Waals surface area (Å²) in [5.41, 5.74) is 8.50. The molecule has 0 amide bonds. The summed E-state index contributed by atoms with van der Waals surface area (Å²) >= 11 is 0. The molecule has 2 N–H and O–H groups in total. The largest absolute Gasteiger partial charge is 0.444 e. The van der Waals surface area contributed by atoms with Crippen LogP contribution in [0.2, 0.25) is 0 Å². The van der Waals surface area contributed by atoms with Gasteiger partial charge in [0.15, 0.2) is 5.78 Å². The van der Waals surface area contributed by atoms with Gasteiger partial charge in [-0.2, -0.15) is 10.4 Å². The van der Waals surface area contributed by atoms with Crippen LogP contribution < -0.4 is 5.73 Å². The predicted molar refractivity (Wildman–Crippen MR) is 88.3 cm³/mol. The van der Waals surface area contributed by atoms with Gasteiger partial charge >= 0.3 is 0 Å². The molecule has 1 atom stereocenters. The summed E-state index contributed by atoms with van der Waals surface area (Å²) < 4.78 is 7.53. The monoisotopic (exact) mass is 326 g/mol. The van der Waals surface area contributed by atoms with Gasteiger partial charge in [-0.1, -0.05) is 13.8 Å². The quantitative estimate of drug-likeness (QED) is 0.901. The Kier molecular flexibility index (Phi) is 3.75. The number of carbonyl (C=O) groups is 1. The average Bonchev–Trinajstić information content (AvgIpc) is 2.85. The zero-order valence-electron chi connectivity index (χ0n) is 14.5. The van der Waals surface area contributed by atoms with Crippen LogP contribution in [-0.4, -0.2) is 15.6 Å². The number of aromatic nitrogens is 2. The highest BCUT2D eigenvalue weighted by atomic mass is 16.5. The minimum absolute atomic E-state index is 0.0229. The number of nitriles is 1. The molecule has 24 heavy (non-hydrogen) atoms. The van der Waals surface area contributed by atoms with Crippen LogP contribution in [0.5, 0.6) is 0 Å². The summed E-state index contributed by atoms with van der Waals surface area (Å²) in [6, 6.07) is 2.15. The number of hydrogen-bond donors (Lipinski definition) is 1. The number of nitrogens with two attached hydrogens (primary N) is 1. The van der Waals surface area contributed by atoms with E-state index < -0.39 is 5.92 Å². The molecule has 0 radical (unpaired) electrons. The molecule has 1 aromatic rings. The number of ether oxygens (including phenoxy) is 1. The van der Waals surface area contributed by atoms with Crippen molar-refractivity contribution in [1.82, 2.24) is 9.78 Å². The van der Waals surface area contributed by atoms with Gasteiger partial charge in [-0.25, -0.2) is 0 Å². The second-order valence-corrected chi connectivity index (χ2v) is 7.23. The maximum Gasteiger partial charge on any atom is 0.205 e. The van der Waals surface area contributed by atoms with Crippen molar-refractivity contribution in [3.63, 3.8) is 0 Å². The molecule has 2 heterocycles. The van der Waals surface area contributed by atoms with E-state index in [0.717, 1.165) is 11.3 Å². The first kappa shape index (κ1) is 16.3. The Labute approximate surface area is 141 Å². The van der Waals surface area contributed by atoms with Gasteiger partial charge in [0, 0.05) is 25.0 Å². The highest BCUT2D eigenvalue weighted by molar-refractivity contribution is 6.00. The molecule has 1 aliphatic heterocycles. The van der Waals surface area contributed by atoms with E-state index in [1.807, 2.05) is 32.4 Å². The highest BCUT2D eigenvalue weighted by Gasteiger charge is 2.44. The second-order valence-electron chi connectivity index (χ2n) is 7.23. The summed E-state index contributed by atoms with van der Waals surface area (Å²) in [6.07, 6.45) is 2.82. The number of ketones is 1. The molecule has 1 aliphatic carbocycles. The van der Waals surface area contributed by atoms with Crippen molar-refractivity contribution in [2.75, 3.05) is 0 Å². The topological polar surface area (TPSA) is 93.9 Å². The molecule has 1 aromatic heterocycles. The summed E-state index contributed by atoms with van der Waals surface area (Å²) in [7, 11) is 0. The van der Waals surface area contributed by atoms with E-state index >= 15 is 0 Å². The van der Waals surface area contributed by atoms with E-state index in [4.69, 9.17) is 10.5 Å². The molecule has 0 saturated carbocycles. The summed E-state index contributed by atoms with van der Waals surface area (Å²) in [6.45, 7) is 8.64. The highest BCUT2D eigenvalue weighted by Crippen LogP contribution is 2.48. The molecule has 3 rings (SSSR count). The molecular weight excluding hydrogens is 304 g/mol. The second kappa shape index (κ2) is 5.52. The van der Waals surface area contributed by atoms with Gasteiger partial charge in [0.1, 0.15) is 17.4 Å². The number of hydrogen-bond acceptors (Lipinski definition) is 5. The summed E-state index contributed by atoms with van der Waals surface area (Å²) in [4.78, 5) is 12.9. The minimum Gasteiger partial charge on any atom is -0.444 e. The first-order valence-electron chi connectivity index (χ1n) is 8.15. The van der Waals surface area contributed by atoms with Gasteiger partial charge in [-0.15, -0.1) is 0 Å². The Morgan fingerprint density at radius 3 is 2.83 bits per heavy atom. The molecule has 2 aliphatic rings. The Morgan fingerprint density at radius 2 is 2.21 bits per heavy atom. The Morgan fingerprint density at radius 1 is 1.50 bits per heavy atom. The van der Waals surface area contributed by atoms with Gasteiger partial charge in [0.05, 0.1) is 17.8 Å². The van der Waals surface area contributed by atoms with Crippen molar-refractivity contribution in [3.05, 3.63) is 40.2 Å². The van der Waals surface area contributed by atoms with Crippen molar-refractivity contribution in [2.24, 2.45) is 11.1 Å². The number of nitrogens with zero attached hydrogens (tertiary/aromatic N) is 3. The molecule has 6 heteroatoms. The third-order valence-corrected chi connectivity index (χ3v) is 4.72. The minimum atomic E-state index is -0.496. The fourth-order valence-electron chi connectivity index (χ4n) is 3.68. The maximum absolute atomic E-state index is 12.9. The Balaban J connectivity index is 2.25. The first-order valence-corrected chi connectivity index (χ1v) is 8.15. The normalized spacial score (nSPS) is 23.0. The van der Waals surface area contributed by atoms with E-state index in [2.05, 4.69) is 11.2 Å². The van der Waals surface area contributed by atoms with Gasteiger partial charge in [-0.3, -0.25) is 9.48 Å². The number of aryl methyl sites for hydroxylation is 2. The SMILES string of the molecule is CCn1ncc(C)c1C1C(C#N)=C(N)OC2=C1C(=O)CC(C)(C)C2. The van der Waals surface area contributed by atoms with Crippen LogP contribution in [0.25, 0.3) is 0 Å². The van der Waals surface area contributed by atoms with Gasteiger partial charge in [0.25, 0.3) is 0 Å². The van der Waals surface area contributed by atoms with Crippen LogP contribution in [0.3, 0.4) is 0 Å². The van der Waals surface area contributed by atoms with Crippen LogP contribution >= 0.6 is 0 Å². The lowest BCUT2D eigenvalue weighted by Crippen LogP contribution is -2.34. The van der Waals surface area contributed by atoms with Crippen LogP contribution in [0, 0.1) is 23.7 Å². The molecule has 0 bridgehead atoms. The third-order valence-electron chi connectivity index (χ3n) is 4.72. The van der Waals surface area contributed by atoms with E-state index in [0.29, 0.717) is 36.3 Å². The lowest BCUT2D eigenvalue weighted by atomic mass is 9.70. The van der Waals surface area contributed by atoms with Gasteiger partial charge in [-0.05, 0) is 24.8 Å². The van der Waals surface area contributed by atoms with Crippen LogP contribution in [0.1, 0.15) is 50.8 Å². The third kappa shape index (κ3) is 2.41. The molecular formula is C18H22N4O2. The fraction of sp³-hybridized carbons (Fsp3) is 0.500. The predicted octanol–water partition coefficient (Wildman–Crippen LogP) is 2.66. The molecule has 0 aromatic carbocycles. The van der Waals surface area contributed by atoms with Crippen molar-refractivity contribution in [3.8, 4) is 6.07 Å². The van der Waals surface area contributed by atoms with E-state index in [1.165, 1.54) is 0 Å². The number of carbonyl (C=O) groups excluding carboxylic acids is 1. The van der Waals surface area contributed by atoms with Crippen molar-refractivity contribution < 1.29 is 9.53 Å². The summed E-state index contributed by atoms with van der Waals surface area (Å²) in [5.74, 6) is 0.218. The Hall–Kier alpha value is -2.55. The maximum atomic E-state index is 12.9. The zero-order valence-corrected chi connectivity index (χ0v) is 14.5. The van der Waals surface area contributed by atoms with Crippen molar-refractivity contribution in [1.29, 1.82) is 5.26 Å². The van der Waals surface area contributed by atoms with E-state index in [1.54, 1.807) is 6.20 Å². The standard InChI is InChI=1S/C18H22N4O2/c1-5-22-16(10(2)9-21-22)14-11(8-19)17(20)24-13-7-18(3,4)6-12(23)15(13)14/h9,14H,5-7,20H2,1-4H3. The van der Waals surface area contributed by atoms with Crippen LogP contribution in [0.15, 0.2) is 29.0 Å². The van der Waals surface area contributed by atoms with E-state index in [-0.39, 0.29) is 17.1 Å². The van der Waals surface area contributed by atoms with Crippen LogP contribution in [-0.2, 0) is 16.1 Å². The first-order chi connectivity index (χ1) is 11.3. The molecule has 126 valence electrons.